The van der Waals surface area contributed by atoms with Gasteiger partial charge >= 0.3 is 0 Å². The first kappa shape index (κ1) is 17.5. The molecule has 1 aliphatic heterocycles. The second-order valence-electron chi connectivity index (χ2n) is 6.63. The molecule has 1 N–H and O–H groups in total. The molecule has 1 aromatic heterocycles. The summed E-state index contributed by atoms with van der Waals surface area (Å²) >= 11 is 0. The zero-order valence-corrected chi connectivity index (χ0v) is 15.2. The second kappa shape index (κ2) is 7.80. The van der Waals surface area contributed by atoms with E-state index in [0.717, 1.165) is 37.2 Å². The molecule has 1 saturated heterocycles. The molecule has 0 spiro atoms. The summed E-state index contributed by atoms with van der Waals surface area (Å²) in [7, 11) is 1.62. The van der Waals surface area contributed by atoms with Crippen LogP contribution in [0, 0.1) is 0 Å². The monoisotopic (exact) mass is 366 g/mol. The number of rotatable bonds is 5. The highest BCUT2D eigenvalue weighted by atomic mass is 16.5. The van der Waals surface area contributed by atoms with E-state index >= 15 is 0 Å². The maximum absolute atomic E-state index is 12.4. The van der Waals surface area contributed by atoms with Crippen LogP contribution in [0.2, 0.25) is 0 Å². The second-order valence-corrected chi connectivity index (χ2v) is 6.63. The number of carbonyl (C=O) groups excluding carboxylic acids is 1. The third kappa shape index (κ3) is 3.95. The number of ether oxygens (including phenoxy) is 2. The van der Waals surface area contributed by atoms with Gasteiger partial charge in [0.25, 0.3) is 5.91 Å². The smallest absolute Gasteiger partial charge is 0.251 e. The molecule has 6 heteroatoms. The minimum atomic E-state index is -0.134. The first-order valence-corrected chi connectivity index (χ1v) is 9.18. The first-order valence-electron chi connectivity index (χ1n) is 9.18. The Hall–Kier alpha value is -2.86. The number of nitrogens with zero attached hydrogens (tertiary/aromatic N) is 1. The third-order valence-corrected chi connectivity index (χ3v) is 4.73. The van der Waals surface area contributed by atoms with Gasteiger partial charge in [0, 0.05) is 24.3 Å². The predicted molar refractivity (Wildman–Crippen MR) is 102 cm³/mol. The van der Waals surface area contributed by atoms with Gasteiger partial charge in [0.15, 0.2) is 5.58 Å². The number of hydrogen-bond donors (Lipinski definition) is 1. The molecule has 1 unspecified atom stereocenters. The fourth-order valence-electron chi connectivity index (χ4n) is 3.22. The number of benzene rings is 2. The Balaban J connectivity index is 1.50. The predicted octanol–water partition coefficient (Wildman–Crippen LogP) is 3.80. The molecule has 0 saturated carbocycles. The van der Waals surface area contributed by atoms with Crippen molar-refractivity contribution in [2.45, 2.75) is 25.4 Å². The molecule has 27 heavy (non-hydrogen) atoms. The quantitative estimate of drug-likeness (QED) is 0.743. The number of nitrogens with one attached hydrogen (secondary N) is 1. The highest BCUT2D eigenvalue weighted by Crippen LogP contribution is 2.27. The van der Waals surface area contributed by atoms with E-state index in [1.54, 1.807) is 25.3 Å². The van der Waals surface area contributed by atoms with E-state index in [0.29, 0.717) is 29.1 Å². The molecular weight excluding hydrogens is 344 g/mol. The Labute approximate surface area is 157 Å². The van der Waals surface area contributed by atoms with Crippen molar-refractivity contribution >= 4 is 17.0 Å². The lowest BCUT2D eigenvalue weighted by Gasteiger charge is -2.22. The van der Waals surface area contributed by atoms with Crippen molar-refractivity contribution in [1.29, 1.82) is 0 Å². The summed E-state index contributed by atoms with van der Waals surface area (Å²) in [6, 6.07) is 12.8. The van der Waals surface area contributed by atoms with Crippen molar-refractivity contribution in [3.8, 4) is 17.2 Å². The van der Waals surface area contributed by atoms with Crippen LogP contribution in [0.1, 0.15) is 29.6 Å². The summed E-state index contributed by atoms with van der Waals surface area (Å²) in [5, 5.41) is 2.94. The van der Waals surface area contributed by atoms with Crippen LogP contribution in [-0.4, -0.2) is 37.3 Å². The van der Waals surface area contributed by atoms with Gasteiger partial charge in [-0.3, -0.25) is 4.79 Å². The largest absolute Gasteiger partial charge is 0.497 e. The molecule has 1 aliphatic rings. The number of methoxy groups -OCH3 is 1. The van der Waals surface area contributed by atoms with Crippen molar-refractivity contribution in [3.05, 3.63) is 48.0 Å². The van der Waals surface area contributed by atoms with Gasteiger partial charge in [-0.25, -0.2) is 4.98 Å². The van der Waals surface area contributed by atoms with E-state index in [-0.39, 0.29) is 12.0 Å². The van der Waals surface area contributed by atoms with Gasteiger partial charge in [0.05, 0.1) is 13.2 Å². The fourth-order valence-corrected chi connectivity index (χ4v) is 3.22. The average molecular weight is 366 g/mol. The molecule has 0 radical (unpaired) electrons. The third-order valence-electron chi connectivity index (χ3n) is 4.73. The summed E-state index contributed by atoms with van der Waals surface area (Å²) in [6.07, 6.45) is 3.35. The van der Waals surface area contributed by atoms with E-state index in [1.165, 1.54) is 0 Å². The molecule has 6 nitrogen and oxygen atoms in total. The van der Waals surface area contributed by atoms with Gasteiger partial charge in [-0.15, -0.1) is 0 Å². The van der Waals surface area contributed by atoms with E-state index in [1.807, 2.05) is 24.3 Å². The normalized spacial score (nSPS) is 17.0. The van der Waals surface area contributed by atoms with Gasteiger partial charge in [-0.1, -0.05) is 6.07 Å². The standard InChI is InChI=1S/C21H22N2O4/c1-25-16-7-4-5-15(11-16)21-23-18-9-8-14(12-19(18)27-21)20(24)22-13-17-6-2-3-10-26-17/h4-5,7-9,11-12,17H,2-3,6,10,13H2,1H3,(H,22,24). The van der Waals surface area contributed by atoms with Gasteiger partial charge in [0.1, 0.15) is 11.3 Å². The molecule has 4 rings (SSSR count). The molecule has 2 heterocycles. The topological polar surface area (TPSA) is 73.6 Å². The summed E-state index contributed by atoms with van der Waals surface area (Å²) in [6.45, 7) is 1.31. The van der Waals surface area contributed by atoms with Gasteiger partial charge in [0.2, 0.25) is 5.89 Å². The molecule has 3 aromatic rings. The lowest BCUT2D eigenvalue weighted by Crippen LogP contribution is -2.35. The minimum Gasteiger partial charge on any atom is -0.497 e. The SMILES string of the molecule is COc1cccc(-c2nc3ccc(C(=O)NCC4CCCCO4)cc3o2)c1. The summed E-state index contributed by atoms with van der Waals surface area (Å²) < 4.78 is 16.8. The van der Waals surface area contributed by atoms with Gasteiger partial charge in [-0.05, 0) is 55.7 Å². The van der Waals surface area contributed by atoms with Crippen LogP contribution in [0.15, 0.2) is 46.9 Å². The number of fused-ring (bicyclic) bond motifs is 1. The Morgan fingerprint density at radius 2 is 2.19 bits per heavy atom. The lowest BCUT2D eigenvalue weighted by molar-refractivity contribution is 0.0169. The van der Waals surface area contributed by atoms with Crippen LogP contribution in [0.3, 0.4) is 0 Å². The van der Waals surface area contributed by atoms with Crippen molar-refractivity contribution in [3.63, 3.8) is 0 Å². The van der Waals surface area contributed by atoms with Crippen LogP contribution in [0.5, 0.6) is 5.75 Å². The highest BCUT2D eigenvalue weighted by molar-refractivity contribution is 5.97. The van der Waals surface area contributed by atoms with E-state index < -0.39 is 0 Å². The molecular formula is C21H22N2O4. The summed E-state index contributed by atoms with van der Waals surface area (Å²) in [4.78, 5) is 17.0. The van der Waals surface area contributed by atoms with E-state index in [4.69, 9.17) is 13.9 Å². The molecule has 1 atom stereocenters. The molecule has 1 amide bonds. The van der Waals surface area contributed by atoms with E-state index in [2.05, 4.69) is 10.3 Å². The summed E-state index contributed by atoms with van der Waals surface area (Å²) in [5.41, 5.74) is 2.66. The first-order chi connectivity index (χ1) is 13.2. The van der Waals surface area contributed by atoms with Gasteiger partial charge < -0.3 is 19.2 Å². The average Bonchev–Trinajstić information content (AvgIpc) is 3.16. The van der Waals surface area contributed by atoms with Crippen LogP contribution in [-0.2, 0) is 4.74 Å². The van der Waals surface area contributed by atoms with Crippen molar-refractivity contribution in [2.24, 2.45) is 0 Å². The molecule has 0 aliphatic carbocycles. The number of hydrogen-bond acceptors (Lipinski definition) is 5. The number of amides is 1. The Morgan fingerprint density at radius 3 is 3.00 bits per heavy atom. The maximum atomic E-state index is 12.4. The van der Waals surface area contributed by atoms with Crippen LogP contribution in [0.4, 0.5) is 0 Å². The Morgan fingerprint density at radius 1 is 1.26 bits per heavy atom. The molecule has 140 valence electrons. The van der Waals surface area contributed by atoms with Crippen LogP contribution in [0.25, 0.3) is 22.6 Å². The van der Waals surface area contributed by atoms with Crippen molar-refractivity contribution < 1.29 is 18.7 Å². The summed E-state index contributed by atoms with van der Waals surface area (Å²) in [5.74, 6) is 1.10. The zero-order valence-electron chi connectivity index (χ0n) is 15.2. The molecule has 2 aromatic carbocycles. The fraction of sp³-hybridized carbons (Fsp3) is 0.333. The van der Waals surface area contributed by atoms with Crippen molar-refractivity contribution in [2.75, 3.05) is 20.3 Å². The Kier molecular flexibility index (Phi) is 5.07. The lowest BCUT2D eigenvalue weighted by atomic mass is 10.1. The van der Waals surface area contributed by atoms with Gasteiger partial charge in [-0.2, -0.15) is 0 Å². The Bertz CT molecular complexity index is 944. The maximum Gasteiger partial charge on any atom is 0.251 e. The zero-order chi connectivity index (χ0) is 18.6. The number of oxazole rings is 1. The molecule has 0 bridgehead atoms. The van der Waals surface area contributed by atoms with E-state index in [9.17, 15) is 4.79 Å². The number of carbonyl (C=O) groups is 1. The highest BCUT2D eigenvalue weighted by Gasteiger charge is 2.16. The minimum absolute atomic E-state index is 0.108. The van der Waals surface area contributed by atoms with Crippen LogP contribution >= 0.6 is 0 Å². The molecule has 1 fully saturated rings. The number of aromatic nitrogens is 1. The van der Waals surface area contributed by atoms with Crippen molar-refractivity contribution in [1.82, 2.24) is 10.3 Å². The van der Waals surface area contributed by atoms with Crippen LogP contribution < -0.4 is 10.1 Å².